The first kappa shape index (κ1) is 15.8. The van der Waals surface area contributed by atoms with Crippen molar-refractivity contribution < 1.29 is 4.79 Å². The van der Waals surface area contributed by atoms with Crippen LogP contribution >= 0.6 is 0 Å². The van der Waals surface area contributed by atoms with Gasteiger partial charge in [0.15, 0.2) is 5.69 Å². The van der Waals surface area contributed by atoms with E-state index >= 15 is 0 Å². The molecule has 23 heavy (non-hydrogen) atoms. The van der Waals surface area contributed by atoms with Gasteiger partial charge in [-0.3, -0.25) is 9.48 Å². The SMILES string of the molecule is CC(C)n1nccc1NC(=O)c1cc(C2CC2)n(C(C)(C)C)n1. The minimum Gasteiger partial charge on any atom is -0.305 e. The number of nitrogens with zero attached hydrogens (tertiary/aromatic N) is 4. The molecule has 0 aliphatic heterocycles. The fourth-order valence-electron chi connectivity index (χ4n) is 2.72. The van der Waals surface area contributed by atoms with Crippen molar-refractivity contribution in [3.8, 4) is 0 Å². The maximum Gasteiger partial charge on any atom is 0.277 e. The second-order valence-electron chi connectivity index (χ2n) is 7.52. The lowest BCUT2D eigenvalue weighted by molar-refractivity contribution is 0.101. The topological polar surface area (TPSA) is 64.7 Å². The van der Waals surface area contributed by atoms with E-state index in [-0.39, 0.29) is 17.5 Å². The molecule has 1 aliphatic rings. The number of carbonyl (C=O) groups excluding carboxylic acids is 1. The monoisotopic (exact) mass is 315 g/mol. The Kier molecular flexibility index (Phi) is 3.78. The van der Waals surface area contributed by atoms with Crippen molar-refractivity contribution in [2.24, 2.45) is 0 Å². The van der Waals surface area contributed by atoms with Gasteiger partial charge >= 0.3 is 0 Å². The van der Waals surface area contributed by atoms with Crippen molar-refractivity contribution in [3.63, 3.8) is 0 Å². The van der Waals surface area contributed by atoms with Crippen molar-refractivity contribution >= 4 is 11.7 Å². The molecule has 6 nitrogen and oxygen atoms in total. The van der Waals surface area contributed by atoms with E-state index in [1.165, 1.54) is 18.5 Å². The third kappa shape index (κ3) is 3.16. The summed E-state index contributed by atoms with van der Waals surface area (Å²) in [6, 6.07) is 3.93. The number of aromatic nitrogens is 4. The highest BCUT2D eigenvalue weighted by Crippen LogP contribution is 2.41. The third-order valence-corrected chi connectivity index (χ3v) is 4.00. The highest BCUT2D eigenvalue weighted by Gasteiger charge is 2.32. The lowest BCUT2D eigenvalue weighted by atomic mass is 10.1. The Morgan fingerprint density at radius 3 is 2.61 bits per heavy atom. The number of hydrogen-bond donors (Lipinski definition) is 1. The first-order chi connectivity index (χ1) is 10.8. The van der Waals surface area contributed by atoms with Crippen molar-refractivity contribution in [2.45, 2.75) is 65.0 Å². The van der Waals surface area contributed by atoms with E-state index in [1.807, 2.05) is 24.6 Å². The lowest BCUT2D eigenvalue weighted by Crippen LogP contribution is -2.26. The van der Waals surface area contributed by atoms with Gasteiger partial charge in [0.1, 0.15) is 5.82 Å². The van der Waals surface area contributed by atoms with Crippen LogP contribution < -0.4 is 5.32 Å². The number of rotatable bonds is 4. The van der Waals surface area contributed by atoms with Crippen LogP contribution in [0, 0.1) is 0 Å². The number of nitrogens with one attached hydrogen (secondary N) is 1. The Balaban J connectivity index is 1.87. The molecular weight excluding hydrogens is 290 g/mol. The molecule has 0 atom stereocenters. The van der Waals surface area contributed by atoms with Gasteiger partial charge in [-0.15, -0.1) is 0 Å². The zero-order chi connectivity index (χ0) is 16.8. The summed E-state index contributed by atoms with van der Waals surface area (Å²) in [6.07, 6.45) is 4.06. The van der Waals surface area contributed by atoms with Gasteiger partial charge < -0.3 is 5.32 Å². The molecule has 1 saturated carbocycles. The average molecular weight is 315 g/mol. The van der Waals surface area contributed by atoms with Crippen molar-refractivity contribution in [2.75, 3.05) is 5.32 Å². The molecule has 0 bridgehead atoms. The highest BCUT2D eigenvalue weighted by atomic mass is 16.2. The molecule has 0 saturated heterocycles. The van der Waals surface area contributed by atoms with E-state index in [2.05, 4.69) is 36.3 Å². The number of hydrogen-bond acceptors (Lipinski definition) is 3. The fraction of sp³-hybridized carbons (Fsp3) is 0.588. The van der Waals surface area contributed by atoms with Crippen molar-refractivity contribution in [1.82, 2.24) is 19.6 Å². The molecule has 0 unspecified atom stereocenters. The maximum absolute atomic E-state index is 12.6. The molecule has 0 aromatic carbocycles. The normalized spacial score (nSPS) is 15.2. The van der Waals surface area contributed by atoms with Crippen LogP contribution in [0.5, 0.6) is 0 Å². The van der Waals surface area contributed by atoms with Crippen molar-refractivity contribution in [3.05, 3.63) is 29.7 Å². The number of carbonyl (C=O) groups is 1. The molecule has 1 aliphatic carbocycles. The zero-order valence-electron chi connectivity index (χ0n) is 14.5. The highest BCUT2D eigenvalue weighted by molar-refractivity contribution is 6.02. The summed E-state index contributed by atoms with van der Waals surface area (Å²) in [5, 5.41) is 11.7. The molecule has 3 rings (SSSR count). The Labute approximate surface area is 136 Å². The van der Waals surface area contributed by atoms with Gasteiger partial charge in [0, 0.05) is 23.7 Å². The van der Waals surface area contributed by atoms with Gasteiger partial charge in [0.25, 0.3) is 5.91 Å². The Morgan fingerprint density at radius 1 is 1.35 bits per heavy atom. The van der Waals surface area contributed by atoms with Crippen LogP contribution in [0.1, 0.15) is 75.6 Å². The summed E-state index contributed by atoms with van der Waals surface area (Å²) >= 11 is 0. The van der Waals surface area contributed by atoms with Crippen LogP contribution in [0.15, 0.2) is 18.3 Å². The molecule has 1 amide bonds. The van der Waals surface area contributed by atoms with Crippen LogP contribution in [-0.4, -0.2) is 25.5 Å². The molecule has 2 aromatic rings. The minimum absolute atomic E-state index is 0.129. The van der Waals surface area contributed by atoms with Gasteiger partial charge in [0.05, 0.1) is 11.7 Å². The first-order valence-corrected chi connectivity index (χ1v) is 8.22. The van der Waals surface area contributed by atoms with Gasteiger partial charge in [-0.2, -0.15) is 10.2 Å². The molecule has 6 heteroatoms. The van der Waals surface area contributed by atoms with Gasteiger partial charge in [-0.25, -0.2) is 4.68 Å². The Hall–Kier alpha value is -2.11. The molecular formula is C17H25N5O. The van der Waals surface area contributed by atoms with E-state index < -0.39 is 0 Å². The Morgan fingerprint density at radius 2 is 2.04 bits per heavy atom. The van der Waals surface area contributed by atoms with E-state index in [0.29, 0.717) is 17.4 Å². The summed E-state index contributed by atoms with van der Waals surface area (Å²) in [7, 11) is 0. The van der Waals surface area contributed by atoms with Crippen LogP contribution in [0.2, 0.25) is 0 Å². The second kappa shape index (κ2) is 5.51. The zero-order valence-corrected chi connectivity index (χ0v) is 14.5. The summed E-state index contributed by atoms with van der Waals surface area (Å²) < 4.78 is 3.79. The minimum atomic E-state index is -0.183. The molecule has 0 radical (unpaired) electrons. The largest absolute Gasteiger partial charge is 0.305 e. The number of anilines is 1. The smallest absolute Gasteiger partial charge is 0.277 e. The summed E-state index contributed by atoms with van der Waals surface area (Å²) in [5.74, 6) is 1.06. The van der Waals surface area contributed by atoms with E-state index in [1.54, 1.807) is 16.9 Å². The van der Waals surface area contributed by atoms with Crippen molar-refractivity contribution in [1.29, 1.82) is 0 Å². The van der Waals surface area contributed by atoms with Gasteiger partial charge in [-0.05, 0) is 53.5 Å². The summed E-state index contributed by atoms with van der Waals surface area (Å²) in [5.41, 5.74) is 1.51. The van der Waals surface area contributed by atoms with E-state index in [9.17, 15) is 4.79 Å². The summed E-state index contributed by atoms with van der Waals surface area (Å²) in [4.78, 5) is 12.6. The predicted molar refractivity (Wildman–Crippen MR) is 89.8 cm³/mol. The molecule has 124 valence electrons. The standard InChI is InChI=1S/C17H25N5O/c1-11(2)21-15(8-9-18-21)19-16(23)13-10-14(12-6-7-12)22(20-13)17(3,4)5/h8-12H,6-7H2,1-5H3,(H,19,23). The van der Waals surface area contributed by atoms with Crippen LogP contribution in [-0.2, 0) is 5.54 Å². The van der Waals surface area contributed by atoms with E-state index in [4.69, 9.17) is 0 Å². The quantitative estimate of drug-likeness (QED) is 0.938. The molecule has 2 aromatic heterocycles. The average Bonchev–Trinajstić information content (AvgIpc) is 3.00. The van der Waals surface area contributed by atoms with Crippen LogP contribution in [0.25, 0.3) is 0 Å². The number of amides is 1. The first-order valence-electron chi connectivity index (χ1n) is 8.22. The molecule has 0 spiro atoms. The Bertz CT molecular complexity index is 716. The van der Waals surface area contributed by atoms with Gasteiger partial charge in [0.2, 0.25) is 0 Å². The van der Waals surface area contributed by atoms with E-state index in [0.717, 1.165) is 0 Å². The lowest BCUT2D eigenvalue weighted by Gasteiger charge is -2.22. The third-order valence-electron chi connectivity index (χ3n) is 4.00. The van der Waals surface area contributed by atoms with Gasteiger partial charge in [-0.1, -0.05) is 0 Å². The maximum atomic E-state index is 12.6. The fourth-order valence-corrected chi connectivity index (χ4v) is 2.72. The molecule has 1 fully saturated rings. The predicted octanol–water partition coefficient (Wildman–Crippen LogP) is 3.55. The van der Waals surface area contributed by atoms with Crippen LogP contribution in [0.3, 0.4) is 0 Å². The summed E-state index contributed by atoms with van der Waals surface area (Å²) in [6.45, 7) is 10.4. The van der Waals surface area contributed by atoms with Crippen LogP contribution in [0.4, 0.5) is 5.82 Å². The molecule has 2 heterocycles. The second-order valence-corrected chi connectivity index (χ2v) is 7.52. The molecule has 1 N–H and O–H groups in total.